The highest BCUT2D eigenvalue weighted by atomic mass is 32.1. The second-order valence-electron chi connectivity index (χ2n) is 2.61. The molecule has 14 heavy (non-hydrogen) atoms. The van der Waals surface area contributed by atoms with Crippen molar-refractivity contribution >= 4 is 27.5 Å². The van der Waals surface area contributed by atoms with Gasteiger partial charge in [0.25, 0.3) is 5.19 Å². The summed E-state index contributed by atoms with van der Waals surface area (Å²) in [5.41, 5.74) is 0.811. The van der Waals surface area contributed by atoms with Gasteiger partial charge < -0.3 is 14.6 Å². The summed E-state index contributed by atoms with van der Waals surface area (Å²) in [6, 6.07) is 7.50. The van der Waals surface area contributed by atoms with Gasteiger partial charge >= 0.3 is 0 Å². The van der Waals surface area contributed by atoms with Crippen molar-refractivity contribution in [3.05, 3.63) is 24.3 Å². The van der Waals surface area contributed by atoms with E-state index >= 15 is 0 Å². The van der Waals surface area contributed by atoms with Crippen molar-refractivity contribution < 1.29 is 14.6 Å². The quantitative estimate of drug-likeness (QED) is 0.733. The highest BCUT2D eigenvalue weighted by molar-refractivity contribution is 7.20. The maximum absolute atomic E-state index is 10.1. The molecule has 0 aliphatic heterocycles. The average Bonchev–Trinajstić information content (AvgIpc) is 2.57. The predicted molar refractivity (Wildman–Crippen MR) is 50.1 cm³/mol. The molecule has 1 heterocycles. The summed E-state index contributed by atoms with van der Waals surface area (Å²) in [5, 5.41) is 10.5. The summed E-state index contributed by atoms with van der Waals surface area (Å²) in [6.45, 7) is -0.459. The van der Waals surface area contributed by atoms with Gasteiger partial charge in [-0.2, -0.15) is 0 Å². The van der Waals surface area contributed by atoms with E-state index in [2.05, 4.69) is 4.98 Å². The van der Waals surface area contributed by atoms with Gasteiger partial charge in [-0.15, -0.1) is 0 Å². The van der Waals surface area contributed by atoms with Gasteiger partial charge in [0.2, 0.25) is 0 Å². The summed E-state index contributed by atoms with van der Waals surface area (Å²) >= 11 is 1.31. The third kappa shape index (κ3) is 1.82. The Balaban J connectivity index is 2.22. The van der Waals surface area contributed by atoms with Gasteiger partial charge in [-0.25, -0.2) is 4.98 Å². The van der Waals surface area contributed by atoms with E-state index in [0.29, 0.717) is 5.19 Å². The molecule has 0 spiro atoms. The Labute approximate surface area is 83.8 Å². The minimum atomic E-state index is -1.25. The summed E-state index contributed by atoms with van der Waals surface area (Å²) in [6.07, 6.45) is 0. The molecular weight excluding hydrogens is 202 g/mol. The topological polar surface area (TPSA) is 62.2 Å². The number of carboxylic acids is 1. The lowest BCUT2D eigenvalue weighted by molar-refractivity contribution is -0.307. The predicted octanol–water partition coefficient (Wildman–Crippen LogP) is 0.425. The van der Waals surface area contributed by atoms with Crippen LogP contribution in [0.15, 0.2) is 24.3 Å². The molecule has 0 aliphatic carbocycles. The summed E-state index contributed by atoms with van der Waals surface area (Å²) in [4.78, 5) is 14.2. The number of aromatic nitrogens is 1. The van der Waals surface area contributed by atoms with Crippen molar-refractivity contribution in [1.29, 1.82) is 0 Å². The summed E-state index contributed by atoms with van der Waals surface area (Å²) in [5.74, 6) is -1.25. The first-order valence-electron chi connectivity index (χ1n) is 3.94. The van der Waals surface area contributed by atoms with E-state index in [1.54, 1.807) is 0 Å². The molecule has 0 atom stereocenters. The highest BCUT2D eigenvalue weighted by Crippen LogP contribution is 2.26. The number of benzene rings is 1. The lowest BCUT2D eigenvalue weighted by Gasteiger charge is -2.00. The first-order chi connectivity index (χ1) is 6.75. The second-order valence-corrected chi connectivity index (χ2v) is 3.60. The van der Waals surface area contributed by atoms with Gasteiger partial charge in [-0.05, 0) is 12.1 Å². The van der Waals surface area contributed by atoms with Crippen LogP contribution in [0.2, 0.25) is 0 Å². The molecule has 0 fully saturated rings. The van der Waals surface area contributed by atoms with E-state index in [1.807, 2.05) is 24.3 Å². The van der Waals surface area contributed by atoms with Crippen molar-refractivity contribution in [2.45, 2.75) is 0 Å². The van der Waals surface area contributed by atoms with Crippen LogP contribution in [0, 0.1) is 0 Å². The van der Waals surface area contributed by atoms with Crippen molar-refractivity contribution in [1.82, 2.24) is 4.98 Å². The number of thiazole rings is 1. The Bertz CT molecular complexity index is 433. The number of aliphatic carboxylic acids is 1. The van der Waals surface area contributed by atoms with E-state index < -0.39 is 12.6 Å². The van der Waals surface area contributed by atoms with Crippen molar-refractivity contribution in [2.24, 2.45) is 0 Å². The number of nitrogens with zero attached hydrogens (tertiary/aromatic N) is 1. The fourth-order valence-corrected chi connectivity index (χ4v) is 1.85. The molecule has 0 saturated carbocycles. The second kappa shape index (κ2) is 3.63. The standard InChI is InChI=1S/C9H7NO3S/c11-8(12)5-13-9-10-6-3-1-2-4-7(6)14-9/h1-4H,5H2,(H,11,12)/p-1. The maximum Gasteiger partial charge on any atom is 0.274 e. The molecule has 1 aromatic heterocycles. The minimum Gasteiger partial charge on any atom is -0.546 e. The number of carbonyl (C=O) groups excluding carboxylic acids is 1. The first kappa shape index (κ1) is 8.96. The summed E-state index contributed by atoms with van der Waals surface area (Å²) in [7, 11) is 0. The molecule has 0 bridgehead atoms. The molecule has 0 unspecified atom stereocenters. The van der Waals surface area contributed by atoms with Crippen LogP contribution in [0.1, 0.15) is 0 Å². The SMILES string of the molecule is O=C([O-])COc1nc2ccccc2s1. The van der Waals surface area contributed by atoms with Gasteiger partial charge in [0.1, 0.15) is 6.61 Å². The Hall–Kier alpha value is -1.62. The Kier molecular flexibility index (Phi) is 2.32. The zero-order valence-electron chi connectivity index (χ0n) is 7.10. The number of hydrogen-bond acceptors (Lipinski definition) is 5. The van der Waals surface area contributed by atoms with Crippen LogP contribution < -0.4 is 9.84 Å². The van der Waals surface area contributed by atoms with E-state index in [0.717, 1.165) is 10.2 Å². The fourth-order valence-electron chi connectivity index (χ4n) is 1.03. The van der Waals surface area contributed by atoms with Crippen LogP contribution in [0.5, 0.6) is 5.19 Å². The minimum absolute atomic E-state index is 0.357. The average molecular weight is 208 g/mol. The van der Waals surface area contributed by atoms with Crippen LogP contribution in [0.3, 0.4) is 0 Å². The van der Waals surface area contributed by atoms with Crippen LogP contribution in [0.25, 0.3) is 10.2 Å². The van der Waals surface area contributed by atoms with E-state index in [9.17, 15) is 9.90 Å². The van der Waals surface area contributed by atoms with Crippen molar-refractivity contribution in [3.8, 4) is 5.19 Å². The smallest absolute Gasteiger partial charge is 0.274 e. The van der Waals surface area contributed by atoms with E-state index in [-0.39, 0.29) is 0 Å². The molecule has 0 N–H and O–H groups in total. The summed E-state index contributed by atoms with van der Waals surface area (Å²) < 4.78 is 5.87. The lowest BCUT2D eigenvalue weighted by atomic mass is 10.3. The number of para-hydroxylation sites is 1. The molecule has 0 amide bonds. The number of fused-ring (bicyclic) bond motifs is 1. The van der Waals surface area contributed by atoms with Gasteiger partial charge in [0.15, 0.2) is 0 Å². The lowest BCUT2D eigenvalue weighted by Crippen LogP contribution is -2.28. The zero-order valence-corrected chi connectivity index (χ0v) is 7.91. The number of carbonyl (C=O) groups is 1. The molecule has 0 saturated heterocycles. The fraction of sp³-hybridized carbons (Fsp3) is 0.111. The van der Waals surface area contributed by atoms with Crippen LogP contribution in [0.4, 0.5) is 0 Å². The normalized spacial score (nSPS) is 10.3. The molecule has 0 radical (unpaired) electrons. The van der Waals surface area contributed by atoms with Gasteiger partial charge in [-0.3, -0.25) is 0 Å². The molecule has 2 aromatic rings. The zero-order chi connectivity index (χ0) is 9.97. The largest absolute Gasteiger partial charge is 0.546 e. The van der Waals surface area contributed by atoms with Gasteiger partial charge in [0.05, 0.1) is 16.2 Å². The third-order valence-corrected chi connectivity index (χ3v) is 2.54. The van der Waals surface area contributed by atoms with E-state index in [4.69, 9.17) is 4.74 Å². The molecule has 1 aromatic carbocycles. The Morgan fingerprint density at radius 2 is 2.29 bits per heavy atom. The highest BCUT2D eigenvalue weighted by Gasteiger charge is 2.02. The molecule has 4 nitrogen and oxygen atoms in total. The third-order valence-electron chi connectivity index (χ3n) is 1.59. The monoisotopic (exact) mass is 208 g/mol. The molecule has 72 valence electrons. The van der Waals surface area contributed by atoms with Crippen LogP contribution in [-0.2, 0) is 4.79 Å². The van der Waals surface area contributed by atoms with Crippen LogP contribution >= 0.6 is 11.3 Å². The van der Waals surface area contributed by atoms with Gasteiger partial charge in [-0.1, -0.05) is 23.5 Å². The number of hydrogen-bond donors (Lipinski definition) is 0. The Morgan fingerprint density at radius 3 is 3.00 bits per heavy atom. The maximum atomic E-state index is 10.1. The number of rotatable bonds is 3. The molecule has 2 rings (SSSR count). The van der Waals surface area contributed by atoms with Crippen molar-refractivity contribution in [2.75, 3.05) is 6.61 Å². The Morgan fingerprint density at radius 1 is 1.50 bits per heavy atom. The number of carboxylic acid groups (broad SMARTS) is 1. The van der Waals surface area contributed by atoms with E-state index in [1.165, 1.54) is 11.3 Å². The first-order valence-corrected chi connectivity index (χ1v) is 4.75. The van der Waals surface area contributed by atoms with Crippen molar-refractivity contribution in [3.63, 3.8) is 0 Å². The van der Waals surface area contributed by atoms with Gasteiger partial charge in [0, 0.05) is 0 Å². The van der Waals surface area contributed by atoms with Crippen LogP contribution in [-0.4, -0.2) is 17.6 Å². The molecule has 0 aliphatic rings. The molecular formula is C9H6NO3S-. The number of ether oxygens (including phenoxy) is 1. The molecule has 5 heteroatoms.